The monoisotopic (exact) mass is 251 g/mol. The van der Waals surface area contributed by atoms with Gasteiger partial charge in [-0.1, -0.05) is 30.3 Å². The van der Waals surface area contributed by atoms with E-state index in [0.717, 1.165) is 5.56 Å². The normalized spacial score (nSPS) is 13.8. The topological polar surface area (TPSA) is 101 Å². The van der Waals surface area contributed by atoms with Crippen molar-refractivity contribution < 1.29 is 19.8 Å². The van der Waals surface area contributed by atoms with Crippen molar-refractivity contribution in [2.75, 3.05) is 0 Å². The minimum Gasteiger partial charge on any atom is -0.481 e. The lowest BCUT2D eigenvalue weighted by atomic mass is 9.93. The third kappa shape index (κ3) is 4.55. The van der Waals surface area contributed by atoms with Gasteiger partial charge in [0, 0.05) is 0 Å². The van der Waals surface area contributed by atoms with Gasteiger partial charge in [-0.15, -0.1) is 0 Å². The molecule has 5 heteroatoms. The van der Waals surface area contributed by atoms with Gasteiger partial charge in [0.1, 0.15) is 6.04 Å². The highest BCUT2D eigenvalue weighted by Gasteiger charge is 2.23. The van der Waals surface area contributed by atoms with Crippen LogP contribution in [-0.2, 0) is 16.0 Å². The first kappa shape index (κ1) is 14.2. The van der Waals surface area contributed by atoms with Gasteiger partial charge < -0.3 is 15.9 Å². The van der Waals surface area contributed by atoms with Crippen LogP contribution >= 0.6 is 0 Å². The Morgan fingerprint density at radius 2 is 1.72 bits per heavy atom. The number of aryl methyl sites for hydroxylation is 1. The van der Waals surface area contributed by atoms with Crippen LogP contribution in [0.4, 0.5) is 0 Å². The second-order valence-corrected chi connectivity index (χ2v) is 4.24. The van der Waals surface area contributed by atoms with Crippen LogP contribution in [0.15, 0.2) is 30.3 Å². The molecule has 0 spiro atoms. The van der Waals surface area contributed by atoms with Gasteiger partial charge in [-0.2, -0.15) is 0 Å². The molecule has 0 saturated heterocycles. The minimum absolute atomic E-state index is 0.0441. The number of hydrogen-bond acceptors (Lipinski definition) is 3. The van der Waals surface area contributed by atoms with Crippen LogP contribution in [0.3, 0.4) is 0 Å². The van der Waals surface area contributed by atoms with E-state index in [9.17, 15) is 9.59 Å². The van der Waals surface area contributed by atoms with Gasteiger partial charge in [-0.3, -0.25) is 9.59 Å². The number of carboxylic acids is 2. The summed E-state index contributed by atoms with van der Waals surface area (Å²) in [6.07, 6.45) is 0.946. The van der Waals surface area contributed by atoms with E-state index >= 15 is 0 Å². The Kier molecular flexibility index (Phi) is 5.32. The van der Waals surface area contributed by atoms with Crippen molar-refractivity contribution in [1.29, 1.82) is 0 Å². The molecule has 0 amide bonds. The van der Waals surface area contributed by atoms with E-state index in [4.69, 9.17) is 15.9 Å². The fourth-order valence-corrected chi connectivity index (χ4v) is 1.74. The molecule has 2 atom stereocenters. The van der Waals surface area contributed by atoms with Gasteiger partial charge in [-0.25, -0.2) is 0 Å². The predicted molar refractivity (Wildman–Crippen MR) is 66.1 cm³/mol. The van der Waals surface area contributed by atoms with Crippen molar-refractivity contribution in [2.24, 2.45) is 11.7 Å². The van der Waals surface area contributed by atoms with Crippen molar-refractivity contribution in [3.63, 3.8) is 0 Å². The third-order valence-corrected chi connectivity index (χ3v) is 2.83. The molecule has 4 N–H and O–H groups in total. The van der Waals surface area contributed by atoms with Crippen molar-refractivity contribution >= 4 is 11.9 Å². The average molecular weight is 251 g/mol. The van der Waals surface area contributed by atoms with Gasteiger partial charge in [0.05, 0.1) is 5.92 Å². The first-order chi connectivity index (χ1) is 8.50. The summed E-state index contributed by atoms with van der Waals surface area (Å²) in [6.45, 7) is 0. The molecule has 5 nitrogen and oxygen atoms in total. The minimum atomic E-state index is -1.17. The lowest BCUT2D eigenvalue weighted by Crippen LogP contribution is -2.34. The number of carboxylic acid groups (broad SMARTS) is 2. The Morgan fingerprint density at radius 3 is 2.22 bits per heavy atom. The molecule has 98 valence electrons. The smallest absolute Gasteiger partial charge is 0.320 e. The van der Waals surface area contributed by atoms with Crippen molar-refractivity contribution in [2.45, 2.75) is 25.3 Å². The molecule has 1 aromatic rings. The summed E-state index contributed by atoms with van der Waals surface area (Å²) in [5.41, 5.74) is 6.40. The summed E-state index contributed by atoms with van der Waals surface area (Å²) in [5.74, 6) is -2.89. The van der Waals surface area contributed by atoms with Crippen LogP contribution in [0.2, 0.25) is 0 Å². The maximum Gasteiger partial charge on any atom is 0.320 e. The Bertz CT molecular complexity index is 405. The second kappa shape index (κ2) is 6.76. The van der Waals surface area contributed by atoms with Crippen LogP contribution in [0.1, 0.15) is 18.4 Å². The molecule has 0 aliphatic heterocycles. The van der Waals surface area contributed by atoms with Crippen LogP contribution in [0.5, 0.6) is 0 Å². The van der Waals surface area contributed by atoms with Crippen molar-refractivity contribution in [3.05, 3.63) is 35.9 Å². The SMILES string of the molecule is N[C@@H](CC(CCc1ccccc1)C(=O)O)C(=O)O. The van der Waals surface area contributed by atoms with E-state index in [1.807, 2.05) is 30.3 Å². The summed E-state index contributed by atoms with van der Waals surface area (Å²) in [7, 11) is 0. The maximum atomic E-state index is 11.0. The Hall–Kier alpha value is -1.88. The molecular weight excluding hydrogens is 234 g/mol. The van der Waals surface area contributed by atoms with Crippen molar-refractivity contribution in [1.82, 2.24) is 0 Å². The largest absolute Gasteiger partial charge is 0.481 e. The molecule has 0 aliphatic carbocycles. The van der Waals surface area contributed by atoms with E-state index in [2.05, 4.69) is 0 Å². The highest BCUT2D eigenvalue weighted by molar-refractivity contribution is 5.75. The zero-order chi connectivity index (χ0) is 13.5. The van der Waals surface area contributed by atoms with E-state index in [-0.39, 0.29) is 6.42 Å². The first-order valence-electron chi connectivity index (χ1n) is 5.76. The fraction of sp³-hybridized carbons (Fsp3) is 0.385. The zero-order valence-electron chi connectivity index (χ0n) is 9.95. The van der Waals surface area contributed by atoms with E-state index < -0.39 is 23.9 Å². The number of carbonyl (C=O) groups is 2. The molecule has 0 saturated carbocycles. The van der Waals surface area contributed by atoms with Gasteiger partial charge in [-0.05, 0) is 24.8 Å². The molecule has 0 aliphatic rings. The lowest BCUT2D eigenvalue weighted by molar-refractivity contribution is -0.143. The van der Waals surface area contributed by atoms with Crippen LogP contribution in [0, 0.1) is 5.92 Å². The quantitative estimate of drug-likeness (QED) is 0.674. The third-order valence-electron chi connectivity index (χ3n) is 2.83. The maximum absolute atomic E-state index is 11.0. The van der Waals surface area contributed by atoms with Gasteiger partial charge in [0.2, 0.25) is 0 Å². The van der Waals surface area contributed by atoms with Crippen LogP contribution in [-0.4, -0.2) is 28.2 Å². The molecule has 1 rings (SSSR count). The number of benzene rings is 1. The highest BCUT2D eigenvalue weighted by Crippen LogP contribution is 2.15. The molecule has 0 radical (unpaired) electrons. The molecule has 1 unspecified atom stereocenters. The van der Waals surface area contributed by atoms with Gasteiger partial charge in [0.15, 0.2) is 0 Å². The molecule has 18 heavy (non-hydrogen) atoms. The lowest BCUT2D eigenvalue weighted by Gasteiger charge is -2.14. The zero-order valence-corrected chi connectivity index (χ0v) is 9.95. The summed E-state index contributed by atoms with van der Waals surface area (Å²) >= 11 is 0. The molecule has 0 fully saturated rings. The van der Waals surface area contributed by atoms with Gasteiger partial charge >= 0.3 is 11.9 Å². The van der Waals surface area contributed by atoms with E-state index in [1.165, 1.54) is 0 Å². The second-order valence-electron chi connectivity index (χ2n) is 4.24. The molecule has 0 bridgehead atoms. The average Bonchev–Trinajstić information content (AvgIpc) is 2.34. The molecule has 0 heterocycles. The predicted octanol–water partition coefficient (Wildman–Crippen LogP) is 1.12. The highest BCUT2D eigenvalue weighted by atomic mass is 16.4. The van der Waals surface area contributed by atoms with Crippen LogP contribution < -0.4 is 5.73 Å². The summed E-state index contributed by atoms with van der Waals surface area (Å²) < 4.78 is 0. The van der Waals surface area contributed by atoms with Crippen molar-refractivity contribution in [3.8, 4) is 0 Å². The fourth-order valence-electron chi connectivity index (χ4n) is 1.74. The Balaban J connectivity index is 2.53. The van der Waals surface area contributed by atoms with Gasteiger partial charge in [0.25, 0.3) is 0 Å². The summed E-state index contributed by atoms with van der Waals surface area (Å²) in [6, 6.07) is 8.36. The first-order valence-corrected chi connectivity index (χ1v) is 5.76. The number of nitrogens with two attached hydrogens (primary N) is 1. The van der Waals surface area contributed by atoms with E-state index in [0.29, 0.717) is 12.8 Å². The van der Waals surface area contributed by atoms with Crippen LogP contribution in [0.25, 0.3) is 0 Å². The number of rotatable bonds is 7. The summed E-state index contributed by atoms with van der Waals surface area (Å²) in [4.78, 5) is 21.6. The standard InChI is InChI=1S/C13H17NO4/c14-11(13(17)18)8-10(12(15)16)7-6-9-4-2-1-3-5-9/h1-5,10-11H,6-8,14H2,(H,15,16)(H,17,18)/t10?,11-/m0/s1. The Morgan fingerprint density at radius 1 is 1.11 bits per heavy atom. The molecule has 1 aromatic carbocycles. The number of hydrogen-bond donors (Lipinski definition) is 3. The number of aliphatic carboxylic acids is 2. The molecule has 0 aromatic heterocycles. The van der Waals surface area contributed by atoms with E-state index in [1.54, 1.807) is 0 Å². The molecular formula is C13H17NO4. The Labute approximate surface area is 105 Å². The summed E-state index contributed by atoms with van der Waals surface area (Å²) in [5, 5.41) is 17.7.